The van der Waals surface area contributed by atoms with Gasteiger partial charge in [0.05, 0.1) is 13.2 Å². The third kappa shape index (κ3) is 3.24. The van der Waals surface area contributed by atoms with Crippen molar-refractivity contribution in [2.24, 2.45) is 0 Å². The van der Waals surface area contributed by atoms with Gasteiger partial charge in [-0.25, -0.2) is 0 Å². The maximum absolute atomic E-state index is 9.25. The number of aliphatic hydroxyl groups excluding tert-OH is 1. The molecule has 0 fully saturated rings. The summed E-state index contributed by atoms with van der Waals surface area (Å²) in [6.45, 7) is 5.95. The number of methoxy groups -OCH3 is 1. The van der Waals surface area contributed by atoms with E-state index in [4.69, 9.17) is 4.74 Å². The van der Waals surface area contributed by atoms with E-state index < -0.39 is 0 Å². The molecule has 0 radical (unpaired) electrons. The van der Waals surface area contributed by atoms with E-state index in [2.05, 4.69) is 19.1 Å². The third-order valence-electron chi connectivity index (χ3n) is 2.68. The van der Waals surface area contributed by atoms with E-state index in [0.29, 0.717) is 0 Å². The fourth-order valence-electron chi connectivity index (χ4n) is 1.70. The molecule has 1 unspecified atom stereocenters. The van der Waals surface area contributed by atoms with Gasteiger partial charge in [-0.2, -0.15) is 0 Å². The molecular weight excluding hydrogens is 188 g/mol. The van der Waals surface area contributed by atoms with Gasteiger partial charge in [-0.15, -0.1) is 0 Å². The number of aliphatic hydroxyl groups is 1. The van der Waals surface area contributed by atoms with Crippen LogP contribution in [0.4, 0.5) is 0 Å². The zero-order chi connectivity index (χ0) is 11.4. The molecule has 0 aliphatic heterocycles. The third-order valence-corrected chi connectivity index (χ3v) is 2.68. The SMILES string of the molecule is COc1cc(C)c(CCC(C)O)cc1C. The molecule has 0 saturated carbocycles. The Hall–Kier alpha value is -1.02. The number of hydrogen-bond acceptors (Lipinski definition) is 2. The van der Waals surface area contributed by atoms with Crippen LogP contribution >= 0.6 is 0 Å². The van der Waals surface area contributed by atoms with Crippen molar-refractivity contribution >= 4 is 0 Å². The molecule has 0 aliphatic rings. The lowest BCUT2D eigenvalue weighted by atomic mass is 9.99. The topological polar surface area (TPSA) is 29.5 Å². The van der Waals surface area contributed by atoms with Gasteiger partial charge >= 0.3 is 0 Å². The first-order valence-corrected chi connectivity index (χ1v) is 5.36. The van der Waals surface area contributed by atoms with Crippen LogP contribution in [0, 0.1) is 13.8 Å². The van der Waals surface area contributed by atoms with E-state index in [1.54, 1.807) is 7.11 Å². The molecule has 0 amide bonds. The minimum absolute atomic E-state index is 0.230. The molecule has 15 heavy (non-hydrogen) atoms. The lowest BCUT2D eigenvalue weighted by molar-refractivity contribution is 0.185. The Morgan fingerprint density at radius 2 is 1.93 bits per heavy atom. The summed E-state index contributed by atoms with van der Waals surface area (Å²) in [7, 11) is 1.69. The van der Waals surface area contributed by atoms with Crippen LogP contribution < -0.4 is 4.74 Å². The maximum atomic E-state index is 9.25. The smallest absolute Gasteiger partial charge is 0.122 e. The molecule has 0 bridgehead atoms. The van der Waals surface area contributed by atoms with Gasteiger partial charge in [0.1, 0.15) is 5.75 Å². The number of hydrogen-bond donors (Lipinski definition) is 1. The van der Waals surface area contributed by atoms with Gasteiger partial charge in [-0.3, -0.25) is 0 Å². The summed E-state index contributed by atoms with van der Waals surface area (Å²) in [5.74, 6) is 0.938. The van der Waals surface area contributed by atoms with Crippen LogP contribution in [0.15, 0.2) is 12.1 Å². The van der Waals surface area contributed by atoms with Gasteiger partial charge in [-0.05, 0) is 56.4 Å². The molecule has 1 atom stereocenters. The molecule has 1 aromatic carbocycles. The van der Waals surface area contributed by atoms with Crippen LogP contribution in [0.3, 0.4) is 0 Å². The molecule has 1 rings (SSSR count). The van der Waals surface area contributed by atoms with Gasteiger partial charge < -0.3 is 9.84 Å². The van der Waals surface area contributed by atoms with Gasteiger partial charge in [0.2, 0.25) is 0 Å². The van der Waals surface area contributed by atoms with Gasteiger partial charge in [0.15, 0.2) is 0 Å². The summed E-state index contributed by atoms with van der Waals surface area (Å²) in [6, 6.07) is 4.21. The number of ether oxygens (including phenoxy) is 1. The summed E-state index contributed by atoms with van der Waals surface area (Å²) in [5.41, 5.74) is 3.69. The number of rotatable bonds is 4. The first-order valence-electron chi connectivity index (χ1n) is 5.36. The van der Waals surface area contributed by atoms with Crippen molar-refractivity contribution in [2.45, 2.75) is 39.7 Å². The highest BCUT2D eigenvalue weighted by Gasteiger charge is 2.05. The molecule has 0 heterocycles. The standard InChI is InChI=1S/C13H20O2/c1-9-8-13(15-4)10(2)7-12(9)6-5-11(3)14/h7-8,11,14H,5-6H2,1-4H3. The van der Waals surface area contributed by atoms with Crippen molar-refractivity contribution in [1.29, 1.82) is 0 Å². The first-order chi connectivity index (χ1) is 7.04. The Morgan fingerprint density at radius 3 is 2.47 bits per heavy atom. The van der Waals surface area contributed by atoms with E-state index in [-0.39, 0.29) is 6.10 Å². The average Bonchev–Trinajstić information content (AvgIpc) is 2.18. The summed E-state index contributed by atoms with van der Waals surface area (Å²) in [4.78, 5) is 0. The van der Waals surface area contributed by atoms with E-state index in [9.17, 15) is 5.11 Å². The van der Waals surface area contributed by atoms with Crippen molar-refractivity contribution in [1.82, 2.24) is 0 Å². The maximum Gasteiger partial charge on any atom is 0.122 e. The summed E-state index contributed by atoms with van der Waals surface area (Å²) in [5, 5.41) is 9.25. The van der Waals surface area contributed by atoms with E-state index in [1.165, 1.54) is 11.1 Å². The molecule has 0 aliphatic carbocycles. The zero-order valence-electron chi connectivity index (χ0n) is 10.0. The van der Waals surface area contributed by atoms with Crippen LogP contribution in [0.25, 0.3) is 0 Å². The largest absolute Gasteiger partial charge is 0.496 e. The van der Waals surface area contributed by atoms with Crippen LogP contribution in [-0.2, 0) is 6.42 Å². The normalized spacial score (nSPS) is 12.6. The fraction of sp³-hybridized carbons (Fsp3) is 0.538. The summed E-state index contributed by atoms with van der Waals surface area (Å²) >= 11 is 0. The molecule has 84 valence electrons. The van der Waals surface area contributed by atoms with Crippen molar-refractivity contribution in [3.05, 3.63) is 28.8 Å². The summed E-state index contributed by atoms with van der Waals surface area (Å²) < 4.78 is 5.26. The Balaban J connectivity index is 2.85. The quantitative estimate of drug-likeness (QED) is 0.824. The molecule has 0 spiro atoms. The van der Waals surface area contributed by atoms with Crippen LogP contribution in [0.5, 0.6) is 5.75 Å². The Kier molecular flexibility index (Phi) is 4.15. The predicted octanol–water partition coefficient (Wildman–Crippen LogP) is 2.63. The van der Waals surface area contributed by atoms with Gasteiger partial charge in [0.25, 0.3) is 0 Å². The van der Waals surface area contributed by atoms with Crippen LogP contribution in [-0.4, -0.2) is 18.3 Å². The average molecular weight is 208 g/mol. The Morgan fingerprint density at radius 1 is 1.27 bits per heavy atom. The van der Waals surface area contributed by atoms with Crippen molar-refractivity contribution < 1.29 is 9.84 Å². The summed E-state index contributed by atoms with van der Waals surface area (Å²) in [6.07, 6.45) is 1.51. The van der Waals surface area contributed by atoms with Crippen LogP contribution in [0.2, 0.25) is 0 Å². The number of benzene rings is 1. The fourth-order valence-corrected chi connectivity index (χ4v) is 1.70. The molecular formula is C13H20O2. The van der Waals surface area contributed by atoms with Crippen molar-refractivity contribution in [3.63, 3.8) is 0 Å². The monoisotopic (exact) mass is 208 g/mol. The van der Waals surface area contributed by atoms with E-state index in [0.717, 1.165) is 24.2 Å². The highest BCUT2D eigenvalue weighted by atomic mass is 16.5. The van der Waals surface area contributed by atoms with Gasteiger partial charge in [-0.1, -0.05) is 6.07 Å². The molecule has 0 aromatic heterocycles. The predicted molar refractivity (Wildman–Crippen MR) is 62.5 cm³/mol. The second kappa shape index (κ2) is 5.17. The van der Waals surface area contributed by atoms with E-state index in [1.807, 2.05) is 13.8 Å². The minimum atomic E-state index is -0.230. The Bertz CT molecular complexity index is 330. The highest BCUT2D eigenvalue weighted by Crippen LogP contribution is 2.23. The molecule has 1 aromatic rings. The first kappa shape index (κ1) is 12.1. The van der Waals surface area contributed by atoms with Crippen molar-refractivity contribution in [3.8, 4) is 5.75 Å². The molecule has 2 nitrogen and oxygen atoms in total. The Labute approximate surface area is 91.9 Å². The minimum Gasteiger partial charge on any atom is -0.496 e. The molecule has 1 N–H and O–H groups in total. The van der Waals surface area contributed by atoms with Crippen LogP contribution in [0.1, 0.15) is 30.0 Å². The highest BCUT2D eigenvalue weighted by molar-refractivity contribution is 5.41. The van der Waals surface area contributed by atoms with Crippen molar-refractivity contribution in [2.75, 3.05) is 7.11 Å². The van der Waals surface area contributed by atoms with E-state index >= 15 is 0 Å². The number of aryl methyl sites for hydroxylation is 3. The molecule has 2 heteroatoms. The second-order valence-electron chi connectivity index (χ2n) is 4.14. The second-order valence-corrected chi connectivity index (χ2v) is 4.14. The zero-order valence-corrected chi connectivity index (χ0v) is 10.0. The molecule has 0 saturated heterocycles. The lowest BCUT2D eigenvalue weighted by Gasteiger charge is -2.12. The lowest BCUT2D eigenvalue weighted by Crippen LogP contribution is -2.03. The van der Waals surface area contributed by atoms with Gasteiger partial charge in [0, 0.05) is 0 Å².